The van der Waals surface area contributed by atoms with Crippen molar-refractivity contribution < 1.29 is 19.1 Å². The second kappa shape index (κ2) is 10.4. The van der Waals surface area contributed by atoms with Crippen molar-refractivity contribution in [2.24, 2.45) is 0 Å². The van der Waals surface area contributed by atoms with Crippen molar-refractivity contribution in [1.82, 2.24) is 4.90 Å². The van der Waals surface area contributed by atoms with E-state index in [2.05, 4.69) is 0 Å². The number of ether oxygens (including phenoxy) is 2. The summed E-state index contributed by atoms with van der Waals surface area (Å²) in [6.45, 7) is 0.858. The molecule has 1 aliphatic rings. The zero-order chi connectivity index (χ0) is 22.3. The molecule has 0 saturated carbocycles. The molecule has 0 aromatic heterocycles. The van der Waals surface area contributed by atoms with Crippen molar-refractivity contribution in [1.29, 1.82) is 0 Å². The van der Waals surface area contributed by atoms with Crippen LogP contribution < -0.4 is 9.47 Å². The first-order chi connectivity index (χ1) is 15.6. The summed E-state index contributed by atoms with van der Waals surface area (Å²) in [7, 11) is 0. The zero-order valence-corrected chi connectivity index (χ0v) is 18.6. The highest BCUT2D eigenvalue weighted by Gasteiger charge is 2.35. The first-order valence-electron chi connectivity index (χ1n) is 10.0. The Kier molecular flexibility index (Phi) is 7.14. The average Bonchev–Trinajstić information content (AvgIpc) is 3.07. The molecule has 0 unspecified atom stereocenters. The van der Waals surface area contributed by atoms with Crippen LogP contribution in [0.1, 0.15) is 11.1 Å². The van der Waals surface area contributed by atoms with Crippen LogP contribution in [0.15, 0.2) is 83.8 Å². The molecule has 1 aliphatic heterocycles. The van der Waals surface area contributed by atoms with Gasteiger partial charge in [-0.15, -0.1) is 0 Å². The van der Waals surface area contributed by atoms with Crippen LogP contribution in [0.2, 0.25) is 5.02 Å². The summed E-state index contributed by atoms with van der Waals surface area (Å²) in [5.41, 5.74) is 1.44. The fourth-order valence-electron chi connectivity index (χ4n) is 3.13. The molecule has 0 atom stereocenters. The van der Waals surface area contributed by atoms with Crippen LogP contribution in [0.3, 0.4) is 0 Å². The predicted molar refractivity (Wildman–Crippen MR) is 127 cm³/mol. The Hall–Kier alpha value is -3.22. The lowest BCUT2D eigenvalue weighted by Gasteiger charge is -2.13. The van der Waals surface area contributed by atoms with E-state index in [0.717, 1.165) is 28.6 Å². The molecule has 1 fully saturated rings. The molecule has 2 amide bonds. The van der Waals surface area contributed by atoms with E-state index in [1.54, 1.807) is 24.3 Å². The molecular formula is C25H20ClNO4S. The molecule has 0 N–H and O–H groups in total. The van der Waals surface area contributed by atoms with E-state index in [0.29, 0.717) is 28.9 Å². The first kappa shape index (κ1) is 22.0. The lowest BCUT2D eigenvalue weighted by atomic mass is 10.1. The molecule has 1 heterocycles. The van der Waals surface area contributed by atoms with E-state index < -0.39 is 0 Å². The lowest BCUT2D eigenvalue weighted by Crippen LogP contribution is -2.27. The second-order valence-corrected chi connectivity index (χ2v) is 8.31. The minimum Gasteiger partial charge on any atom is -0.490 e. The molecule has 5 nitrogen and oxygen atoms in total. The van der Waals surface area contributed by atoms with Crippen LogP contribution in [0, 0.1) is 0 Å². The molecule has 0 spiro atoms. The molecule has 4 rings (SSSR count). The number of carbonyl (C=O) groups is 2. The van der Waals surface area contributed by atoms with Crippen LogP contribution in [0.5, 0.6) is 11.5 Å². The van der Waals surface area contributed by atoms with Gasteiger partial charge in [-0.25, -0.2) is 0 Å². The van der Waals surface area contributed by atoms with Crippen molar-refractivity contribution in [2.75, 3.05) is 13.2 Å². The Labute approximate surface area is 195 Å². The normalized spacial score (nSPS) is 14.8. The quantitative estimate of drug-likeness (QED) is 0.300. The van der Waals surface area contributed by atoms with Crippen molar-refractivity contribution in [2.45, 2.75) is 6.54 Å². The summed E-state index contributed by atoms with van der Waals surface area (Å²) < 4.78 is 11.5. The van der Waals surface area contributed by atoms with E-state index in [4.69, 9.17) is 21.1 Å². The molecule has 0 bridgehead atoms. The largest absolute Gasteiger partial charge is 0.490 e. The van der Waals surface area contributed by atoms with Crippen LogP contribution in [-0.4, -0.2) is 29.3 Å². The number of rotatable bonds is 8. The van der Waals surface area contributed by atoms with Gasteiger partial charge in [-0.05, 0) is 47.7 Å². The van der Waals surface area contributed by atoms with Gasteiger partial charge in [0.2, 0.25) is 0 Å². The van der Waals surface area contributed by atoms with Gasteiger partial charge in [-0.1, -0.05) is 66.2 Å². The van der Waals surface area contributed by atoms with Gasteiger partial charge in [0.15, 0.2) is 0 Å². The third-order valence-corrected chi connectivity index (χ3v) is 5.99. The van der Waals surface area contributed by atoms with Gasteiger partial charge in [0.1, 0.15) is 24.7 Å². The van der Waals surface area contributed by atoms with Crippen LogP contribution in [0.25, 0.3) is 6.08 Å². The third kappa shape index (κ3) is 5.33. The molecule has 7 heteroatoms. The first-order valence-corrected chi connectivity index (χ1v) is 11.2. The monoisotopic (exact) mass is 465 g/mol. The topological polar surface area (TPSA) is 55.8 Å². The highest BCUT2D eigenvalue weighted by atomic mass is 35.5. The number of thioether (sulfide) groups is 1. The molecule has 0 radical (unpaired) electrons. The average molecular weight is 466 g/mol. The SMILES string of the molecule is O=C1S/C(=C\c2ccccc2OCCOc2ccccc2)C(=O)N1Cc1ccccc1Cl. The van der Waals surface area contributed by atoms with Gasteiger partial charge < -0.3 is 9.47 Å². The smallest absolute Gasteiger partial charge is 0.293 e. The van der Waals surface area contributed by atoms with Gasteiger partial charge in [-0.2, -0.15) is 0 Å². The lowest BCUT2D eigenvalue weighted by molar-refractivity contribution is -0.123. The number of hydrogen-bond acceptors (Lipinski definition) is 5. The van der Waals surface area contributed by atoms with Gasteiger partial charge in [-0.3, -0.25) is 14.5 Å². The fraction of sp³-hybridized carbons (Fsp3) is 0.120. The minimum atomic E-state index is -0.345. The van der Waals surface area contributed by atoms with Gasteiger partial charge in [0, 0.05) is 10.6 Å². The number of nitrogens with zero attached hydrogens (tertiary/aromatic N) is 1. The van der Waals surface area contributed by atoms with E-state index >= 15 is 0 Å². The Balaban J connectivity index is 1.43. The summed E-state index contributed by atoms with van der Waals surface area (Å²) >= 11 is 7.10. The molecule has 162 valence electrons. The van der Waals surface area contributed by atoms with Crippen molar-refractivity contribution in [3.8, 4) is 11.5 Å². The highest BCUT2D eigenvalue weighted by Crippen LogP contribution is 2.35. The number of halogens is 1. The number of para-hydroxylation sites is 2. The summed E-state index contributed by atoms with van der Waals surface area (Å²) in [5.74, 6) is 1.04. The van der Waals surface area contributed by atoms with Crippen molar-refractivity contribution in [3.05, 3.63) is 99.9 Å². The molecule has 3 aromatic carbocycles. The van der Waals surface area contributed by atoms with Crippen LogP contribution >= 0.6 is 23.4 Å². The second-order valence-electron chi connectivity index (χ2n) is 6.91. The maximum absolute atomic E-state index is 12.9. The summed E-state index contributed by atoms with van der Waals surface area (Å²) in [5, 5.41) is 0.197. The van der Waals surface area contributed by atoms with E-state index in [9.17, 15) is 9.59 Å². The maximum atomic E-state index is 12.9. The number of amides is 2. The summed E-state index contributed by atoms with van der Waals surface area (Å²) in [6, 6.07) is 24.0. The molecule has 0 aliphatic carbocycles. The van der Waals surface area contributed by atoms with Crippen molar-refractivity contribution in [3.63, 3.8) is 0 Å². The fourth-order valence-corrected chi connectivity index (χ4v) is 4.16. The Morgan fingerprint density at radius 2 is 1.53 bits per heavy atom. The molecule has 32 heavy (non-hydrogen) atoms. The third-order valence-electron chi connectivity index (χ3n) is 4.72. The Bertz CT molecular complexity index is 1150. The minimum absolute atomic E-state index is 0.136. The Morgan fingerprint density at radius 1 is 0.844 bits per heavy atom. The predicted octanol–water partition coefficient (Wildman–Crippen LogP) is 6.03. The molecule has 1 saturated heterocycles. The number of hydrogen-bond donors (Lipinski definition) is 0. The summed E-state index contributed by atoms with van der Waals surface area (Å²) in [4.78, 5) is 26.9. The van der Waals surface area contributed by atoms with Crippen LogP contribution in [-0.2, 0) is 11.3 Å². The molecular weight excluding hydrogens is 446 g/mol. The zero-order valence-electron chi connectivity index (χ0n) is 17.1. The Morgan fingerprint density at radius 3 is 2.34 bits per heavy atom. The van der Waals surface area contributed by atoms with E-state index in [1.807, 2.05) is 60.7 Å². The number of carbonyl (C=O) groups excluding carboxylic acids is 2. The van der Waals surface area contributed by atoms with Crippen molar-refractivity contribution >= 4 is 40.6 Å². The maximum Gasteiger partial charge on any atom is 0.293 e. The molecule has 3 aromatic rings. The van der Waals surface area contributed by atoms with E-state index in [1.165, 1.54) is 4.90 Å². The van der Waals surface area contributed by atoms with E-state index in [-0.39, 0.29) is 17.7 Å². The number of benzene rings is 3. The summed E-state index contributed by atoms with van der Waals surface area (Å²) in [6.07, 6.45) is 1.69. The number of imide groups is 1. The van der Waals surface area contributed by atoms with Gasteiger partial charge >= 0.3 is 0 Å². The van der Waals surface area contributed by atoms with Gasteiger partial charge in [0.25, 0.3) is 11.1 Å². The highest BCUT2D eigenvalue weighted by molar-refractivity contribution is 8.18. The van der Waals surface area contributed by atoms with Crippen LogP contribution in [0.4, 0.5) is 4.79 Å². The standard InChI is InChI=1S/C25H20ClNO4S/c26-21-12-6-4-9-19(21)17-27-24(28)23(32-25(27)29)16-18-8-5-7-13-22(18)31-15-14-30-20-10-2-1-3-11-20/h1-13,16H,14-15,17H2/b23-16-. The van der Waals surface area contributed by atoms with Gasteiger partial charge in [0.05, 0.1) is 11.4 Å².